The minimum atomic E-state index is 0.602. The number of rotatable bonds is 5. The fourth-order valence-electron chi connectivity index (χ4n) is 3.69. The molecule has 5 rings (SSSR count). The summed E-state index contributed by atoms with van der Waals surface area (Å²) in [6.45, 7) is 5.03. The summed E-state index contributed by atoms with van der Waals surface area (Å²) >= 11 is 0. The van der Waals surface area contributed by atoms with E-state index in [4.69, 9.17) is 19.7 Å². The highest BCUT2D eigenvalue weighted by Crippen LogP contribution is 2.27. The van der Waals surface area contributed by atoms with E-state index in [9.17, 15) is 0 Å². The predicted octanol–water partition coefficient (Wildman–Crippen LogP) is 2.99. The van der Waals surface area contributed by atoms with Crippen LogP contribution in [-0.4, -0.2) is 55.8 Å². The second-order valence-corrected chi connectivity index (χ2v) is 7.07. The van der Waals surface area contributed by atoms with Gasteiger partial charge in [-0.2, -0.15) is 15.0 Å². The maximum Gasteiger partial charge on any atom is 0.240 e. The molecule has 148 valence electrons. The monoisotopic (exact) mass is 389 g/mol. The number of aromatic nitrogens is 6. The third-order valence-corrected chi connectivity index (χ3v) is 5.15. The maximum absolute atomic E-state index is 5.50. The number of hydrogen-bond acceptors (Lipinski definition) is 6. The molecule has 4 heterocycles. The number of morpholine rings is 1. The summed E-state index contributed by atoms with van der Waals surface area (Å²) in [6.07, 6.45) is 7.54. The van der Waals surface area contributed by atoms with E-state index in [1.807, 2.05) is 23.0 Å². The first kappa shape index (κ1) is 17.8. The van der Waals surface area contributed by atoms with Gasteiger partial charge in [-0.3, -0.25) is 4.57 Å². The Morgan fingerprint density at radius 2 is 1.93 bits per heavy atom. The number of aromatic amines is 1. The van der Waals surface area contributed by atoms with E-state index in [1.54, 1.807) is 6.20 Å². The molecule has 0 unspecified atom stereocenters. The summed E-state index contributed by atoms with van der Waals surface area (Å²) in [5.41, 5.74) is 2.05. The van der Waals surface area contributed by atoms with Crippen molar-refractivity contribution in [3.63, 3.8) is 0 Å². The van der Waals surface area contributed by atoms with E-state index in [-0.39, 0.29) is 0 Å². The highest BCUT2D eigenvalue weighted by molar-refractivity contribution is 5.93. The SMILES string of the molecule is CCCc1nccn1-c1nc(-c2cccc3[nH]ccc23)nc(N2CCOCC2)n1. The Morgan fingerprint density at radius 1 is 1.07 bits per heavy atom. The zero-order chi connectivity index (χ0) is 19.6. The molecular formula is C21H23N7O. The molecule has 1 fully saturated rings. The van der Waals surface area contributed by atoms with Crippen LogP contribution < -0.4 is 4.90 Å². The van der Waals surface area contributed by atoms with Crippen LogP contribution in [0.5, 0.6) is 0 Å². The van der Waals surface area contributed by atoms with Gasteiger partial charge < -0.3 is 14.6 Å². The number of ether oxygens (including phenoxy) is 1. The molecule has 1 aliphatic heterocycles. The van der Waals surface area contributed by atoms with Crippen molar-refractivity contribution < 1.29 is 4.74 Å². The summed E-state index contributed by atoms with van der Waals surface area (Å²) in [5.74, 6) is 2.90. The van der Waals surface area contributed by atoms with Gasteiger partial charge in [0.25, 0.3) is 0 Å². The van der Waals surface area contributed by atoms with Crippen LogP contribution in [0.25, 0.3) is 28.2 Å². The molecule has 0 amide bonds. The number of benzene rings is 1. The Hall–Kier alpha value is -3.26. The average molecular weight is 389 g/mol. The molecule has 0 spiro atoms. The first-order valence-electron chi connectivity index (χ1n) is 10.0. The molecule has 1 aromatic carbocycles. The van der Waals surface area contributed by atoms with Crippen LogP contribution in [0.4, 0.5) is 5.95 Å². The molecular weight excluding hydrogens is 366 g/mol. The Bertz CT molecular complexity index is 1130. The Kier molecular flexibility index (Phi) is 4.69. The second-order valence-electron chi connectivity index (χ2n) is 7.07. The largest absolute Gasteiger partial charge is 0.378 e. The zero-order valence-electron chi connectivity index (χ0n) is 16.4. The molecule has 1 N–H and O–H groups in total. The molecule has 8 nitrogen and oxygen atoms in total. The van der Waals surface area contributed by atoms with Crippen LogP contribution in [0.1, 0.15) is 19.2 Å². The molecule has 1 aliphatic rings. The first-order chi connectivity index (χ1) is 14.3. The number of aryl methyl sites for hydroxylation is 1. The van der Waals surface area contributed by atoms with Gasteiger partial charge in [0.05, 0.1) is 13.2 Å². The third-order valence-electron chi connectivity index (χ3n) is 5.15. The smallest absolute Gasteiger partial charge is 0.240 e. The van der Waals surface area contributed by atoms with Crippen molar-refractivity contribution in [2.24, 2.45) is 0 Å². The van der Waals surface area contributed by atoms with Gasteiger partial charge >= 0.3 is 0 Å². The predicted molar refractivity (Wildman–Crippen MR) is 111 cm³/mol. The molecule has 0 atom stereocenters. The van der Waals surface area contributed by atoms with Crippen molar-refractivity contribution in [3.8, 4) is 17.3 Å². The van der Waals surface area contributed by atoms with Gasteiger partial charge in [-0.05, 0) is 18.6 Å². The first-order valence-corrected chi connectivity index (χ1v) is 10.0. The number of anilines is 1. The zero-order valence-corrected chi connectivity index (χ0v) is 16.4. The summed E-state index contributed by atoms with van der Waals surface area (Å²) < 4.78 is 7.47. The van der Waals surface area contributed by atoms with Crippen molar-refractivity contribution in [2.75, 3.05) is 31.2 Å². The fraction of sp³-hybridized carbons (Fsp3) is 0.333. The fourth-order valence-corrected chi connectivity index (χ4v) is 3.69. The maximum atomic E-state index is 5.50. The Morgan fingerprint density at radius 3 is 2.79 bits per heavy atom. The van der Waals surface area contributed by atoms with Crippen LogP contribution in [0.3, 0.4) is 0 Å². The van der Waals surface area contributed by atoms with E-state index >= 15 is 0 Å². The van der Waals surface area contributed by atoms with Crippen molar-refractivity contribution in [3.05, 3.63) is 48.7 Å². The average Bonchev–Trinajstić information content (AvgIpc) is 3.43. The molecule has 3 aromatic heterocycles. The molecule has 0 radical (unpaired) electrons. The van der Waals surface area contributed by atoms with Gasteiger partial charge in [-0.25, -0.2) is 4.98 Å². The van der Waals surface area contributed by atoms with Crippen molar-refractivity contribution in [1.29, 1.82) is 0 Å². The minimum absolute atomic E-state index is 0.602. The number of hydrogen-bond donors (Lipinski definition) is 1. The lowest BCUT2D eigenvalue weighted by atomic mass is 10.1. The van der Waals surface area contributed by atoms with Crippen LogP contribution in [-0.2, 0) is 11.2 Å². The lowest BCUT2D eigenvalue weighted by Gasteiger charge is -2.27. The second kappa shape index (κ2) is 7.63. The van der Waals surface area contributed by atoms with Crippen LogP contribution in [0.15, 0.2) is 42.9 Å². The van der Waals surface area contributed by atoms with E-state index in [0.717, 1.165) is 48.2 Å². The number of imidazole rings is 1. The lowest BCUT2D eigenvalue weighted by molar-refractivity contribution is 0.122. The summed E-state index contributed by atoms with van der Waals surface area (Å²) in [4.78, 5) is 24.4. The van der Waals surface area contributed by atoms with Gasteiger partial charge in [0.15, 0.2) is 5.82 Å². The summed E-state index contributed by atoms with van der Waals surface area (Å²) in [7, 11) is 0. The molecule has 4 aromatic rings. The molecule has 29 heavy (non-hydrogen) atoms. The van der Waals surface area contributed by atoms with Crippen molar-refractivity contribution in [2.45, 2.75) is 19.8 Å². The molecule has 1 saturated heterocycles. The van der Waals surface area contributed by atoms with Gasteiger partial charge in [0, 0.05) is 54.6 Å². The Balaban J connectivity index is 1.68. The van der Waals surface area contributed by atoms with Crippen LogP contribution in [0, 0.1) is 0 Å². The number of nitrogens with zero attached hydrogens (tertiary/aromatic N) is 6. The van der Waals surface area contributed by atoms with Gasteiger partial charge in [0.2, 0.25) is 11.9 Å². The summed E-state index contributed by atoms with van der Waals surface area (Å²) in [6, 6.07) is 8.19. The standard InChI is InChI=1S/C21H23N7O/c1-2-4-18-23-9-10-28(18)21-25-19(16-5-3-6-17-15(16)7-8-22-17)24-20(26-21)27-11-13-29-14-12-27/h3,5-10,22H,2,4,11-14H2,1H3. The Labute approximate surface area is 168 Å². The number of H-pyrrole nitrogens is 1. The van der Waals surface area contributed by atoms with E-state index in [2.05, 4.69) is 40.0 Å². The van der Waals surface area contributed by atoms with Crippen LogP contribution in [0.2, 0.25) is 0 Å². The summed E-state index contributed by atoms with van der Waals surface area (Å²) in [5, 5.41) is 1.09. The van der Waals surface area contributed by atoms with E-state index in [0.29, 0.717) is 30.9 Å². The normalized spacial score (nSPS) is 14.6. The van der Waals surface area contributed by atoms with Gasteiger partial charge in [0.1, 0.15) is 5.82 Å². The number of nitrogens with one attached hydrogen (secondary N) is 1. The van der Waals surface area contributed by atoms with Crippen LogP contribution >= 0.6 is 0 Å². The van der Waals surface area contributed by atoms with Crippen molar-refractivity contribution >= 4 is 16.9 Å². The number of fused-ring (bicyclic) bond motifs is 1. The molecule has 0 bridgehead atoms. The van der Waals surface area contributed by atoms with E-state index < -0.39 is 0 Å². The highest BCUT2D eigenvalue weighted by atomic mass is 16.5. The third kappa shape index (κ3) is 3.36. The highest BCUT2D eigenvalue weighted by Gasteiger charge is 2.19. The lowest BCUT2D eigenvalue weighted by Crippen LogP contribution is -2.37. The molecule has 8 heteroatoms. The van der Waals surface area contributed by atoms with Crippen molar-refractivity contribution in [1.82, 2.24) is 29.5 Å². The minimum Gasteiger partial charge on any atom is -0.378 e. The molecule has 0 aliphatic carbocycles. The molecule has 0 saturated carbocycles. The topological polar surface area (TPSA) is 84.8 Å². The van der Waals surface area contributed by atoms with Gasteiger partial charge in [-0.1, -0.05) is 19.1 Å². The quantitative estimate of drug-likeness (QED) is 0.565. The van der Waals surface area contributed by atoms with E-state index in [1.165, 1.54) is 0 Å². The van der Waals surface area contributed by atoms with Gasteiger partial charge in [-0.15, -0.1) is 0 Å².